The maximum atomic E-state index is 13.2. The standard InChI is InChI=1S/C14H21FN2O2/c1-2-3-8-19-9-4-7-17-14(18)11-5-6-13(16)12(15)10-11/h5-6,10H,2-4,7-9,16H2,1H3,(H,17,18). The van der Waals surface area contributed by atoms with Crippen LogP contribution in [0.15, 0.2) is 18.2 Å². The van der Waals surface area contributed by atoms with Crippen LogP contribution in [0.4, 0.5) is 10.1 Å². The predicted octanol–water partition coefficient (Wildman–Crippen LogP) is 2.34. The fourth-order valence-corrected chi connectivity index (χ4v) is 1.50. The smallest absolute Gasteiger partial charge is 0.251 e. The zero-order chi connectivity index (χ0) is 14.1. The molecule has 0 saturated carbocycles. The number of carbonyl (C=O) groups is 1. The maximum absolute atomic E-state index is 13.2. The van der Waals surface area contributed by atoms with E-state index in [1.54, 1.807) is 0 Å². The number of carbonyl (C=O) groups excluding carboxylic acids is 1. The summed E-state index contributed by atoms with van der Waals surface area (Å²) < 4.78 is 18.5. The van der Waals surface area contributed by atoms with Gasteiger partial charge >= 0.3 is 0 Å². The number of rotatable bonds is 8. The van der Waals surface area contributed by atoms with Gasteiger partial charge in [0.15, 0.2) is 0 Å². The molecule has 0 unspecified atom stereocenters. The number of ether oxygens (including phenoxy) is 1. The number of halogens is 1. The summed E-state index contributed by atoms with van der Waals surface area (Å²) in [6, 6.07) is 4.03. The van der Waals surface area contributed by atoms with Crippen LogP contribution in [0.3, 0.4) is 0 Å². The minimum absolute atomic E-state index is 0.0425. The molecule has 4 nitrogen and oxygen atoms in total. The predicted molar refractivity (Wildman–Crippen MR) is 73.5 cm³/mol. The van der Waals surface area contributed by atoms with Crippen LogP contribution in [0.25, 0.3) is 0 Å². The van der Waals surface area contributed by atoms with Crippen LogP contribution >= 0.6 is 0 Å². The molecule has 0 fully saturated rings. The molecule has 0 atom stereocenters. The van der Waals surface area contributed by atoms with Crippen LogP contribution in [0.5, 0.6) is 0 Å². The first-order valence-corrected chi connectivity index (χ1v) is 6.56. The Hall–Kier alpha value is -1.62. The fraction of sp³-hybridized carbons (Fsp3) is 0.500. The number of hydrogen-bond donors (Lipinski definition) is 2. The van der Waals surface area contributed by atoms with E-state index >= 15 is 0 Å². The second kappa shape index (κ2) is 8.48. The van der Waals surface area contributed by atoms with E-state index in [2.05, 4.69) is 12.2 Å². The third-order valence-electron chi connectivity index (χ3n) is 2.66. The molecule has 106 valence electrons. The molecule has 0 aromatic heterocycles. The molecule has 0 aliphatic rings. The van der Waals surface area contributed by atoms with Gasteiger partial charge in [-0.2, -0.15) is 0 Å². The summed E-state index contributed by atoms with van der Waals surface area (Å²) in [5, 5.41) is 2.71. The zero-order valence-electron chi connectivity index (χ0n) is 11.2. The summed E-state index contributed by atoms with van der Waals surface area (Å²) in [6.45, 7) is 4.00. The van der Waals surface area contributed by atoms with Gasteiger partial charge in [0.05, 0.1) is 5.69 Å². The average Bonchev–Trinajstić information content (AvgIpc) is 2.40. The van der Waals surface area contributed by atoms with E-state index in [1.807, 2.05) is 0 Å². The SMILES string of the molecule is CCCCOCCCNC(=O)c1ccc(N)c(F)c1. The Morgan fingerprint density at radius 3 is 2.79 bits per heavy atom. The highest BCUT2D eigenvalue weighted by atomic mass is 19.1. The molecule has 0 spiro atoms. The first-order valence-electron chi connectivity index (χ1n) is 6.56. The summed E-state index contributed by atoms with van der Waals surface area (Å²) in [7, 11) is 0. The summed E-state index contributed by atoms with van der Waals surface area (Å²) in [5.74, 6) is -0.872. The molecule has 1 aromatic rings. The van der Waals surface area contributed by atoms with Gasteiger partial charge in [-0.3, -0.25) is 4.79 Å². The van der Waals surface area contributed by atoms with E-state index in [1.165, 1.54) is 12.1 Å². The number of hydrogen-bond acceptors (Lipinski definition) is 3. The second-order valence-electron chi connectivity index (χ2n) is 4.31. The van der Waals surface area contributed by atoms with E-state index in [0.717, 1.165) is 31.9 Å². The van der Waals surface area contributed by atoms with E-state index in [-0.39, 0.29) is 17.2 Å². The maximum Gasteiger partial charge on any atom is 0.251 e. The molecule has 0 saturated heterocycles. The Morgan fingerprint density at radius 1 is 1.37 bits per heavy atom. The summed E-state index contributed by atoms with van der Waals surface area (Å²) in [6.07, 6.45) is 2.91. The van der Waals surface area contributed by atoms with Crippen molar-refractivity contribution in [2.45, 2.75) is 26.2 Å². The summed E-state index contributed by atoms with van der Waals surface area (Å²) >= 11 is 0. The Morgan fingerprint density at radius 2 is 2.11 bits per heavy atom. The van der Waals surface area contributed by atoms with Crippen LogP contribution in [-0.4, -0.2) is 25.7 Å². The van der Waals surface area contributed by atoms with E-state index in [0.29, 0.717) is 13.2 Å². The average molecular weight is 268 g/mol. The quantitative estimate of drug-likeness (QED) is 0.562. The highest BCUT2D eigenvalue weighted by molar-refractivity contribution is 5.94. The molecule has 0 aliphatic carbocycles. The third kappa shape index (κ3) is 5.70. The Kier molecular flexibility index (Phi) is 6.89. The molecule has 0 heterocycles. The van der Waals surface area contributed by atoms with Gasteiger partial charge in [0.25, 0.3) is 5.91 Å². The second-order valence-corrected chi connectivity index (χ2v) is 4.31. The van der Waals surface area contributed by atoms with Crippen molar-refractivity contribution in [1.29, 1.82) is 0 Å². The number of benzene rings is 1. The molecule has 0 bridgehead atoms. The van der Waals surface area contributed by atoms with Crippen molar-refractivity contribution in [1.82, 2.24) is 5.32 Å². The summed E-state index contributed by atoms with van der Waals surface area (Å²) in [4.78, 5) is 11.7. The molecule has 3 N–H and O–H groups in total. The van der Waals surface area contributed by atoms with Gasteiger partial charge < -0.3 is 15.8 Å². The third-order valence-corrected chi connectivity index (χ3v) is 2.66. The molecule has 0 aliphatic heterocycles. The van der Waals surface area contributed by atoms with Gasteiger partial charge in [0.2, 0.25) is 0 Å². The topological polar surface area (TPSA) is 64.3 Å². The first kappa shape index (κ1) is 15.4. The van der Waals surface area contributed by atoms with Crippen LogP contribution in [0.1, 0.15) is 36.5 Å². The lowest BCUT2D eigenvalue weighted by atomic mass is 10.2. The lowest BCUT2D eigenvalue weighted by Crippen LogP contribution is -2.25. The molecule has 19 heavy (non-hydrogen) atoms. The number of amides is 1. The molecule has 1 amide bonds. The monoisotopic (exact) mass is 268 g/mol. The number of anilines is 1. The van der Waals surface area contributed by atoms with Gasteiger partial charge in [-0.05, 0) is 31.0 Å². The van der Waals surface area contributed by atoms with Crippen molar-refractivity contribution in [3.63, 3.8) is 0 Å². The van der Waals surface area contributed by atoms with Crippen LogP contribution < -0.4 is 11.1 Å². The molecule has 1 rings (SSSR count). The molecular weight excluding hydrogens is 247 g/mol. The number of nitrogens with one attached hydrogen (secondary N) is 1. The van der Waals surface area contributed by atoms with Crippen molar-refractivity contribution in [3.8, 4) is 0 Å². The van der Waals surface area contributed by atoms with Gasteiger partial charge in [0.1, 0.15) is 5.82 Å². The fourth-order valence-electron chi connectivity index (χ4n) is 1.50. The molecule has 1 aromatic carbocycles. The van der Waals surface area contributed by atoms with Crippen LogP contribution in [0.2, 0.25) is 0 Å². The van der Waals surface area contributed by atoms with Gasteiger partial charge in [-0.1, -0.05) is 13.3 Å². The molecule has 0 radical (unpaired) electrons. The van der Waals surface area contributed by atoms with E-state index in [4.69, 9.17) is 10.5 Å². The molecule has 5 heteroatoms. The lowest BCUT2D eigenvalue weighted by molar-refractivity contribution is 0.0940. The molecular formula is C14H21FN2O2. The highest BCUT2D eigenvalue weighted by Crippen LogP contribution is 2.11. The van der Waals surface area contributed by atoms with Crippen molar-refractivity contribution in [3.05, 3.63) is 29.6 Å². The van der Waals surface area contributed by atoms with Crippen molar-refractivity contribution in [2.75, 3.05) is 25.5 Å². The Labute approximate surface area is 113 Å². The Bertz CT molecular complexity index is 410. The van der Waals surface area contributed by atoms with Crippen LogP contribution in [0, 0.1) is 5.82 Å². The normalized spacial score (nSPS) is 10.4. The largest absolute Gasteiger partial charge is 0.396 e. The minimum atomic E-state index is -0.574. The zero-order valence-corrected chi connectivity index (χ0v) is 11.2. The van der Waals surface area contributed by atoms with Crippen LogP contribution in [-0.2, 0) is 4.74 Å². The minimum Gasteiger partial charge on any atom is -0.396 e. The number of nitrogens with two attached hydrogens (primary N) is 1. The van der Waals surface area contributed by atoms with Crippen molar-refractivity contribution < 1.29 is 13.9 Å². The lowest BCUT2D eigenvalue weighted by Gasteiger charge is -2.06. The van der Waals surface area contributed by atoms with Gasteiger partial charge in [-0.25, -0.2) is 4.39 Å². The van der Waals surface area contributed by atoms with E-state index in [9.17, 15) is 9.18 Å². The van der Waals surface area contributed by atoms with E-state index < -0.39 is 5.82 Å². The Balaban J connectivity index is 2.22. The van der Waals surface area contributed by atoms with Crippen molar-refractivity contribution in [2.24, 2.45) is 0 Å². The van der Waals surface area contributed by atoms with Crippen molar-refractivity contribution >= 4 is 11.6 Å². The number of nitrogen functional groups attached to an aromatic ring is 1. The van der Waals surface area contributed by atoms with Gasteiger partial charge in [-0.15, -0.1) is 0 Å². The highest BCUT2D eigenvalue weighted by Gasteiger charge is 2.07. The number of unbranched alkanes of at least 4 members (excludes halogenated alkanes) is 1. The first-order chi connectivity index (χ1) is 9.15. The van der Waals surface area contributed by atoms with Gasteiger partial charge in [0, 0.05) is 25.3 Å². The summed E-state index contributed by atoms with van der Waals surface area (Å²) in [5.41, 5.74) is 5.66.